The minimum Gasteiger partial charge on any atom is -0.394 e. The van der Waals surface area contributed by atoms with Crippen LogP contribution in [0.25, 0.3) is 10.4 Å². The Hall–Kier alpha value is -3.98. The first-order valence-corrected chi connectivity index (χ1v) is 10.4. The Morgan fingerprint density at radius 2 is 2.06 bits per heavy atom. The second-order valence-corrected chi connectivity index (χ2v) is 7.42. The van der Waals surface area contributed by atoms with E-state index >= 15 is 0 Å². The minimum atomic E-state index is -5.16. The van der Waals surface area contributed by atoms with Crippen LogP contribution >= 0.6 is 0 Å². The number of anilines is 1. The molecule has 0 saturated carbocycles. The van der Waals surface area contributed by atoms with Crippen LogP contribution in [-0.4, -0.2) is 58.2 Å². The highest BCUT2D eigenvalue weighted by Gasteiger charge is 2.39. The molecule has 1 aliphatic rings. The number of aliphatic hydroxyl groups excluding tert-OH is 1. The fourth-order valence-corrected chi connectivity index (χ4v) is 3.36. The number of benzene rings is 1. The van der Waals surface area contributed by atoms with E-state index in [-0.39, 0.29) is 30.1 Å². The minimum absolute atomic E-state index is 0.00215. The van der Waals surface area contributed by atoms with E-state index in [0.29, 0.717) is 0 Å². The highest BCUT2D eigenvalue weighted by atomic mass is 19.4. The second-order valence-electron chi connectivity index (χ2n) is 7.42. The van der Waals surface area contributed by atoms with Crippen molar-refractivity contribution in [3.63, 3.8) is 0 Å². The Morgan fingerprint density at radius 1 is 1.33 bits per heavy atom. The van der Waals surface area contributed by atoms with Crippen molar-refractivity contribution in [2.45, 2.75) is 37.6 Å². The molecule has 1 saturated heterocycles. The number of aromatic nitrogens is 2. The van der Waals surface area contributed by atoms with Gasteiger partial charge in [0, 0.05) is 35.2 Å². The number of hydrogen-bond acceptors (Lipinski definition) is 8. The van der Waals surface area contributed by atoms with Crippen molar-refractivity contribution in [1.82, 2.24) is 14.9 Å². The molecule has 0 aliphatic carbocycles. The van der Waals surface area contributed by atoms with Gasteiger partial charge in [0.15, 0.2) is 0 Å². The Bertz CT molecular complexity index is 1200. The van der Waals surface area contributed by atoms with Gasteiger partial charge >= 0.3 is 17.8 Å². The van der Waals surface area contributed by atoms with Crippen LogP contribution in [0.5, 0.6) is 0 Å². The molecule has 2 aromatic rings. The largest absolute Gasteiger partial charge is 0.471 e. The highest BCUT2D eigenvalue weighted by Crippen LogP contribution is 2.30. The molecule has 16 heteroatoms. The Kier molecular flexibility index (Phi) is 8.60. The molecule has 3 rings (SSSR count). The number of halogens is 3. The molecule has 36 heavy (non-hydrogen) atoms. The summed E-state index contributed by atoms with van der Waals surface area (Å²) in [6.07, 6.45) is -6.81. The molecular weight excluding hydrogens is 491 g/mol. The van der Waals surface area contributed by atoms with Crippen LogP contribution in [0.1, 0.15) is 28.6 Å². The molecule has 192 valence electrons. The summed E-state index contributed by atoms with van der Waals surface area (Å²) in [4.78, 5) is 42.9. The number of hydrogen-bond donors (Lipinski definition) is 3. The first kappa shape index (κ1) is 26.6. The van der Waals surface area contributed by atoms with E-state index in [9.17, 15) is 32.7 Å². The number of azide groups is 1. The number of alkyl halides is 3. The van der Waals surface area contributed by atoms with Crippen molar-refractivity contribution in [3.8, 4) is 0 Å². The van der Waals surface area contributed by atoms with Gasteiger partial charge in [0.1, 0.15) is 24.9 Å². The monoisotopic (exact) mass is 511 g/mol. The molecule has 2 amide bonds. The molecule has 2 heterocycles. The van der Waals surface area contributed by atoms with Gasteiger partial charge in [-0.2, -0.15) is 18.2 Å². The molecule has 0 spiro atoms. The Morgan fingerprint density at radius 3 is 2.69 bits per heavy atom. The average Bonchev–Trinajstić information content (AvgIpc) is 3.26. The number of nitrogens with one attached hydrogen (secondary N) is 2. The molecule has 3 atom stereocenters. The quantitative estimate of drug-likeness (QED) is 0.260. The SMILES string of the molecule is [N-]=[N+]=NCOC1CC(n2cc(CNC(=O)C(F)(F)F)c(NC(=O)c3ccccc3)nc2=O)OC1CO. The summed E-state index contributed by atoms with van der Waals surface area (Å²) in [6.45, 7) is -1.59. The molecule has 3 N–H and O–H groups in total. The Balaban J connectivity index is 1.90. The first-order chi connectivity index (χ1) is 17.1. The molecule has 0 bridgehead atoms. The molecule has 0 radical (unpaired) electrons. The maximum atomic E-state index is 12.7. The van der Waals surface area contributed by atoms with Crippen LogP contribution in [0, 0.1) is 0 Å². The van der Waals surface area contributed by atoms with Crippen LogP contribution in [0.3, 0.4) is 0 Å². The van der Waals surface area contributed by atoms with Crippen LogP contribution in [0.4, 0.5) is 19.0 Å². The fourth-order valence-electron chi connectivity index (χ4n) is 3.36. The smallest absolute Gasteiger partial charge is 0.394 e. The van der Waals surface area contributed by atoms with Crippen LogP contribution < -0.4 is 16.3 Å². The van der Waals surface area contributed by atoms with Crippen molar-refractivity contribution < 1.29 is 37.3 Å². The summed E-state index contributed by atoms with van der Waals surface area (Å²) >= 11 is 0. The van der Waals surface area contributed by atoms with Crippen LogP contribution in [-0.2, 0) is 20.8 Å². The predicted octanol–water partition coefficient (Wildman–Crippen LogP) is 1.61. The zero-order valence-electron chi connectivity index (χ0n) is 18.4. The zero-order valence-corrected chi connectivity index (χ0v) is 18.4. The second kappa shape index (κ2) is 11.6. The van der Waals surface area contributed by atoms with Gasteiger partial charge in [0.25, 0.3) is 5.91 Å². The van der Waals surface area contributed by atoms with Gasteiger partial charge in [-0.25, -0.2) is 4.79 Å². The van der Waals surface area contributed by atoms with Crippen LogP contribution in [0.2, 0.25) is 0 Å². The summed E-state index contributed by atoms with van der Waals surface area (Å²) in [5.41, 5.74) is 7.51. The van der Waals surface area contributed by atoms with E-state index in [4.69, 9.17) is 15.0 Å². The number of carbonyl (C=O) groups is 2. The van der Waals surface area contributed by atoms with Gasteiger partial charge in [-0.3, -0.25) is 14.2 Å². The van der Waals surface area contributed by atoms with Gasteiger partial charge in [0.2, 0.25) is 0 Å². The summed E-state index contributed by atoms with van der Waals surface area (Å²) in [5, 5.41) is 16.8. The molecule has 1 aromatic heterocycles. The number of amides is 2. The number of ether oxygens (including phenoxy) is 2. The van der Waals surface area contributed by atoms with E-state index in [1.807, 2.05) is 0 Å². The maximum Gasteiger partial charge on any atom is 0.471 e. The van der Waals surface area contributed by atoms with Gasteiger partial charge in [0.05, 0.1) is 12.7 Å². The van der Waals surface area contributed by atoms with Gasteiger partial charge in [-0.1, -0.05) is 23.3 Å². The van der Waals surface area contributed by atoms with Crippen molar-refractivity contribution in [3.05, 3.63) is 68.6 Å². The lowest BCUT2D eigenvalue weighted by atomic mass is 10.2. The van der Waals surface area contributed by atoms with E-state index in [1.54, 1.807) is 23.5 Å². The summed E-state index contributed by atoms with van der Waals surface area (Å²) < 4.78 is 49.9. The molecule has 1 fully saturated rings. The first-order valence-electron chi connectivity index (χ1n) is 10.4. The lowest BCUT2D eigenvalue weighted by molar-refractivity contribution is -0.173. The number of carbonyl (C=O) groups excluding carboxylic acids is 2. The van der Waals surface area contributed by atoms with Gasteiger partial charge in [-0.15, -0.1) is 0 Å². The van der Waals surface area contributed by atoms with E-state index in [2.05, 4.69) is 20.3 Å². The van der Waals surface area contributed by atoms with E-state index in [0.717, 1.165) is 10.8 Å². The van der Waals surface area contributed by atoms with Crippen molar-refractivity contribution >= 4 is 17.6 Å². The number of nitrogens with zero attached hydrogens (tertiary/aromatic N) is 5. The predicted molar refractivity (Wildman–Crippen MR) is 115 cm³/mol. The van der Waals surface area contributed by atoms with Crippen LogP contribution in [0.15, 0.2) is 46.4 Å². The molecule has 1 aromatic carbocycles. The average molecular weight is 511 g/mol. The normalized spacial score (nSPS) is 19.4. The number of rotatable bonds is 9. The molecular formula is C20H20F3N7O6. The number of aliphatic hydroxyl groups is 1. The maximum absolute atomic E-state index is 12.7. The fraction of sp³-hybridized carbons (Fsp3) is 0.400. The van der Waals surface area contributed by atoms with E-state index in [1.165, 1.54) is 12.1 Å². The highest BCUT2D eigenvalue weighted by molar-refractivity contribution is 6.04. The standard InChI is InChI=1S/C20H20F3N7O6/c21-20(22,23)18(33)25-7-12-8-30(15-6-13(14(9-31)36-15)35-10-26-29-24)19(34)28-16(12)27-17(32)11-4-2-1-3-5-11/h1-5,8,13-15,31H,6-7,9-10H2,(H,25,33)(H,27,28,32,34). The van der Waals surface area contributed by atoms with Crippen molar-refractivity contribution in [2.75, 3.05) is 18.7 Å². The van der Waals surface area contributed by atoms with Crippen molar-refractivity contribution in [2.24, 2.45) is 5.11 Å². The lowest BCUT2D eigenvalue weighted by Crippen LogP contribution is -2.37. The third-order valence-electron chi connectivity index (χ3n) is 5.07. The van der Waals surface area contributed by atoms with Gasteiger partial charge in [-0.05, 0) is 17.7 Å². The molecule has 13 nitrogen and oxygen atoms in total. The topological polar surface area (TPSA) is 181 Å². The van der Waals surface area contributed by atoms with E-state index < -0.39 is 55.3 Å². The lowest BCUT2D eigenvalue weighted by Gasteiger charge is -2.18. The Labute approximate surface area is 200 Å². The summed E-state index contributed by atoms with van der Waals surface area (Å²) in [6, 6.07) is 7.78. The zero-order chi connectivity index (χ0) is 26.3. The third-order valence-corrected chi connectivity index (χ3v) is 5.07. The molecule has 3 unspecified atom stereocenters. The van der Waals surface area contributed by atoms with Crippen molar-refractivity contribution in [1.29, 1.82) is 0 Å². The molecule has 1 aliphatic heterocycles. The van der Waals surface area contributed by atoms with Gasteiger partial charge < -0.3 is 25.2 Å². The summed E-state index contributed by atoms with van der Waals surface area (Å²) in [5.74, 6) is -3.28. The summed E-state index contributed by atoms with van der Waals surface area (Å²) in [7, 11) is 0. The third kappa shape index (κ3) is 6.57.